The van der Waals surface area contributed by atoms with Crippen LogP contribution in [-0.2, 0) is 4.79 Å². The molecule has 0 radical (unpaired) electrons. The molecule has 1 aromatic rings. The second-order valence-electron chi connectivity index (χ2n) is 3.10. The number of hydrogen-bond acceptors (Lipinski definition) is 2. The average Bonchev–Trinajstić information content (AvgIpc) is 2.08. The summed E-state index contributed by atoms with van der Waals surface area (Å²) in [6, 6.07) is 3.69. The molecule has 0 saturated carbocycles. The smallest absolute Gasteiger partial charge is 0.307 e. The minimum Gasteiger partial charge on any atom is -0.489 e. The van der Waals surface area contributed by atoms with Crippen LogP contribution in [0.2, 0.25) is 5.02 Å². The third kappa shape index (κ3) is 3.75. The second kappa shape index (κ2) is 4.98. The van der Waals surface area contributed by atoms with Crippen molar-refractivity contribution in [2.75, 3.05) is 0 Å². The molecule has 0 amide bonds. The number of carboxylic acid groups (broad SMARTS) is 1. The molecule has 5 heteroatoms. The van der Waals surface area contributed by atoms with Crippen molar-refractivity contribution in [3.8, 4) is 5.75 Å². The van der Waals surface area contributed by atoms with Crippen molar-refractivity contribution in [3.63, 3.8) is 0 Å². The Morgan fingerprint density at radius 2 is 2.33 bits per heavy atom. The van der Waals surface area contributed by atoms with Gasteiger partial charge in [0.2, 0.25) is 0 Å². The van der Waals surface area contributed by atoms with Gasteiger partial charge >= 0.3 is 5.97 Å². The zero-order valence-electron chi connectivity index (χ0n) is 8.04. The lowest BCUT2D eigenvalue weighted by Gasteiger charge is -2.13. The predicted molar refractivity (Wildman–Crippen MR) is 53.8 cm³/mol. The van der Waals surface area contributed by atoms with Gasteiger partial charge < -0.3 is 9.84 Å². The highest BCUT2D eigenvalue weighted by atomic mass is 35.5. The lowest BCUT2D eigenvalue weighted by Crippen LogP contribution is -2.16. The molecule has 0 spiro atoms. The summed E-state index contributed by atoms with van der Waals surface area (Å²) in [6.45, 7) is 1.60. The van der Waals surface area contributed by atoms with Gasteiger partial charge in [0, 0.05) is 0 Å². The number of rotatable bonds is 4. The largest absolute Gasteiger partial charge is 0.489 e. The SMILES string of the molecule is CC(CC(=O)O)Oc1ccc(F)cc1Cl. The average molecular weight is 233 g/mol. The van der Waals surface area contributed by atoms with E-state index in [0.717, 1.165) is 6.07 Å². The van der Waals surface area contributed by atoms with Crippen molar-refractivity contribution in [2.45, 2.75) is 19.4 Å². The molecule has 0 aliphatic carbocycles. The van der Waals surface area contributed by atoms with Gasteiger partial charge in [-0.25, -0.2) is 4.39 Å². The minimum atomic E-state index is -0.958. The Balaban J connectivity index is 2.68. The number of carboxylic acids is 1. The summed E-state index contributed by atoms with van der Waals surface area (Å²) in [4.78, 5) is 10.4. The number of halogens is 2. The van der Waals surface area contributed by atoms with Crippen LogP contribution < -0.4 is 4.74 Å². The molecule has 0 bridgehead atoms. The summed E-state index contributed by atoms with van der Waals surface area (Å²) in [6.07, 6.45) is -0.640. The van der Waals surface area contributed by atoms with E-state index in [4.69, 9.17) is 21.4 Å². The van der Waals surface area contributed by atoms with Crippen molar-refractivity contribution in [2.24, 2.45) is 0 Å². The Morgan fingerprint density at radius 1 is 1.67 bits per heavy atom. The first-order valence-corrected chi connectivity index (χ1v) is 4.70. The molecule has 3 nitrogen and oxygen atoms in total. The molecule has 15 heavy (non-hydrogen) atoms. The lowest BCUT2D eigenvalue weighted by molar-refractivity contribution is -0.138. The van der Waals surface area contributed by atoms with Gasteiger partial charge in [-0.2, -0.15) is 0 Å². The summed E-state index contributed by atoms with van der Waals surface area (Å²) in [7, 11) is 0. The van der Waals surface area contributed by atoms with Crippen LogP contribution in [0.25, 0.3) is 0 Å². The van der Waals surface area contributed by atoms with E-state index in [-0.39, 0.29) is 17.2 Å². The van der Waals surface area contributed by atoms with E-state index in [2.05, 4.69) is 0 Å². The molecule has 0 aliphatic rings. The number of hydrogen-bond donors (Lipinski definition) is 1. The molecule has 1 N–H and O–H groups in total. The van der Waals surface area contributed by atoms with Gasteiger partial charge in [0.05, 0.1) is 11.4 Å². The molecule has 82 valence electrons. The maximum atomic E-state index is 12.7. The second-order valence-corrected chi connectivity index (χ2v) is 3.51. The Bertz CT molecular complexity index is 368. The van der Waals surface area contributed by atoms with Crippen molar-refractivity contribution in [3.05, 3.63) is 29.0 Å². The van der Waals surface area contributed by atoms with Crippen LogP contribution >= 0.6 is 11.6 Å². The zero-order chi connectivity index (χ0) is 11.4. The van der Waals surface area contributed by atoms with Crippen LogP contribution in [-0.4, -0.2) is 17.2 Å². The van der Waals surface area contributed by atoms with Gasteiger partial charge in [-0.1, -0.05) is 11.6 Å². The number of ether oxygens (including phenoxy) is 1. The predicted octanol–water partition coefficient (Wildman–Crippen LogP) is 2.72. The van der Waals surface area contributed by atoms with Gasteiger partial charge in [0.25, 0.3) is 0 Å². The van der Waals surface area contributed by atoms with E-state index in [1.807, 2.05) is 0 Å². The van der Waals surface area contributed by atoms with Crippen LogP contribution in [0.5, 0.6) is 5.75 Å². The van der Waals surface area contributed by atoms with Crippen molar-refractivity contribution < 1.29 is 19.0 Å². The summed E-state index contributed by atoms with van der Waals surface area (Å²) in [5, 5.41) is 8.63. The third-order valence-corrected chi connectivity index (χ3v) is 1.98. The first-order valence-electron chi connectivity index (χ1n) is 4.32. The molecular formula is C10H10ClFO3. The molecule has 0 saturated heterocycles. The Morgan fingerprint density at radius 3 is 2.87 bits per heavy atom. The fraction of sp³-hybridized carbons (Fsp3) is 0.300. The zero-order valence-corrected chi connectivity index (χ0v) is 8.79. The van der Waals surface area contributed by atoms with E-state index < -0.39 is 17.9 Å². The topological polar surface area (TPSA) is 46.5 Å². The van der Waals surface area contributed by atoms with Crippen LogP contribution in [0.15, 0.2) is 18.2 Å². The van der Waals surface area contributed by atoms with Crippen molar-refractivity contribution >= 4 is 17.6 Å². The van der Waals surface area contributed by atoms with Crippen molar-refractivity contribution in [1.82, 2.24) is 0 Å². The molecule has 0 heterocycles. The molecular weight excluding hydrogens is 223 g/mol. The number of aliphatic carboxylic acids is 1. The first-order chi connectivity index (χ1) is 6.99. The van der Waals surface area contributed by atoms with Gasteiger partial charge in [-0.05, 0) is 25.1 Å². The third-order valence-electron chi connectivity index (χ3n) is 1.68. The highest BCUT2D eigenvalue weighted by Gasteiger charge is 2.11. The highest BCUT2D eigenvalue weighted by molar-refractivity contribution is 6.32. The molecule has 1 atom stereocenters. The van der Waals surface area contributed by atoms with Crippen molar-refractivity contribution in [1.29, 1.82) is 0 Å². The summed E-state index contributed by atoms with van der Waals surface area (Å²) in [5.74, 6) is -1.13. The molecule has 1 aromatic carbocycles. The molecule has 1 rings (SSSR count). The van der Waals surface area contributed by atoms with Gasteiger partial charge in [0.1, 0.15) is 17.7 Å². The molecule has 0 aliphatic heterocycles. The monoisotopic (exact) mass is 232 g/mol. The quantitative estimate of drug-likeness (QED) is 0.868. The fourth-order valence-electron chi connectivity index (χ4n) is 1.08. The Labute approximate surface area is 91.4 Å². The maximum absolute atomic E-state index is 12.7. The molecule has 1 unspecified atom stereocenters. The van der Waals surface area contributed by atoms with E-state index >= 15 is 0 Å². The molecule has 0 aromatic heterocycles. The maximum Gasteiger partial charge on any atom is 0.307 e. The molecule has 0 fully saturated rings. The van der Waals surface area contributed by atoms with Crippen LogP contribution in [0, 0.1) is 5.82 Å². The van der Waals surface area contributed by atoms with Crippen LogP contribution in [0.3, 0.4) is 0 Å². The van der Waals surface area contributed by atoms with Gasteiger partial charge in [-0.3, -0.25) is 4.79 Å². The summed E-state index contributed by atoms with van der Waals surface area (Å²) < 4.78 is 17.9. The summed E-state index contributed by atoms with van der Waals surface area (Å²) in [5.41, 5.74) is 0. The first kappa shape index (κ1) is 11.8. The minimum absolute atomic E-state index is 0.131. The summed E-state index contributed by atoms with van der Waals surface area (Å²) >= 11 is 5.70. The van der Waals surface area contributed by atoms with E-state index in [1.54, 1.807) is 6.92 Å². The highest BCUT2D eigenvalue weighted by Crippen LogP contribution is 2.26. The van der Waals surface area contributed by atoms with E-state index in [0.29, 0.717) is 0 Å². The van der Waals surface area contributed by atoms with Crippen LogP contribution in [0.1, 0.15) is 13.3 Å². The fourth-order valence-corrected chi connectivity index (χ4v) is 1.29. The number of benzene rings is 1. The normalized spacial score (nSPS) is 12.2. The Hall–Kier alpha value is -1.29. The van der Waals surface area contributed by atoms with Gasteiger partial charge in [-0.15, -0.1) is 0 Å². The van der Waals surface area contributed by atoms with Gasteiger partial charge in [0.15, 0.2) is 0 Å². The Kier molecular flexibility index (Phi) is 3.91. The standard InChI is InChI=1S/C10H10ClFO3/c1-6(4-10(13)14)15-9-3-2-7(12)5-8(9)11/h2-3,5-6H,4H2,1H3,(H,13,14). The van der Waals surface area contributed by atoms with Crippen LogP contribution in [0.4, 0.5) is 4.39 Å². The lowest BCUT2D eigenvalue weighted by atomic mass is 10.3. The van der Waals surface area contributed by atoms with E-state index in [9.17, 15) is 9.18 Å². The van der Waals surface area contributed by atoms with E-state index in [1.165, 1.54) is 12.1 Å². The number of carbonyl (C=O) groups is 1.